The van der Waals surface area contributed by atoms with Gasteiger partial charge in [0.1, 0.15) is 11.8 Å². The molecule has 1 saturated heterocycles. The molecule has 0 spiro atoms. The largest absolute Gasteiger partial charge is 0.474 e. The van der Waals surface area contributed by atoms with Gasteiger partial charge in [0.2, 0.25) is 0 Å². The van der Waals surface area contributed by atoms with E-state index >= 15 is 0 Å². The molecule has 1 fully saturated rings. The Labute approximate surface area is 161 Å². The van der Waals surface area contributed by atoms with Crippen LogP contribution in [0, 0.1) is 0 Å². The first-order valence-corrected chi connectivity index (χ1v) is 9.07. The monoisotopic (exact) mass is 388 g/mol. The van der Waals surface area contributed by atoms with Crippen LogP contribution < -0.4 is 10.2 Å². The maximum absolute atomic E-state index is 12.4. The molecule has 0 aliphatic carbocycles. The Bertz CT molecular complexity index is 941. The van der Waals surface area contributed by atoms with Gasteiger partial charge in [0.05, 0.1) is 20.2 Å². The summed E-state index contributed by atoms with van der Waals surface area (Å²) in [6, 6.07) is 7.64. The number of likely N-dealkylation sites (N-methyl/N-ethyl adjacent to an activating group) is 1. The summed E-state index contributed by atoms with van der Waals surface area (Å²) < 4.78 is 12.3. The van der Waals surface area contributed by atoms with Gasteiger partial charge in [0, 0.05) is 36.7 Å². The molecule has 4 rings (SSSR count). The fraction of sp³-hybridized carbons (Fsp3) is 0.389. The molecule has 142 valence electrons. The van der Waals surface area contributed by atoms with Crippen molar-refractivity contribution in [3.8, 4) is 0 Å². The zero-order chi connectivity index (χ0) is 19.1. The van der Waals surface area contributed by atoms with E-state index in [2.05, 4.69) is 5.32 Å². The first kappa shape index (κ1) is 17.6. The standard InChI is InChI=1S/C18H20N4O4S/c1-20-5-6-21-14-4-3-12(7-11(14)8-15(21)16(20)23)22-10-13(26-18(22)24)9-19-17(27)25-2/h3-4,7-8,13H,5-6,9-10H2,1-2H3,(H,19,27)/t13-/m0/s1. The van der Waals surface area contributed by atoms with Crippen molar-refractivity contribution in [3.05, 3.63) is 30.0 Å². The molecule has 1 aromatic heterocycles. The van der Waals surface area contributed by atoms with E-state index in [0.29, 0.717) is 25.3 Å². The second kappa shape index (κ2) is 6.73. The molecule has 1 N–H and O–H groups in total. The molecule has 9 heteroatoms. The van der Waals surface area contributed by atoms with Crippen molar-refractivity contribution < 1.29 is 19.1 Å². The lowest BCUT2D eigenvalue weighted by Crippen LogP contribution is -2.36. The number of hydrogen-bond acceptors (Lipinski definition) is 5. The Morgan fingerprint density at radius 3 is 2.93 bits per heavy atom. The van der Waals surface area contributed by atoms with Gasteiger partial charge in [-0.05, 0) is 36.5 Å². The van der Waals surface area contributed by atoms with E-state index in [1.807, 2.05) is 28.8 Å². The van der Waals surface area contributed by atoms with Crippen LogP contribution in [-0.4, -0.2) is 66.5 Å². The molecule has 0 unspecified atom stereocenters. The number of thiocarbonyl (C=S) groups is 1. The summed E-state index contributed by atoms with van der Waals surface area (Å²) in [6.45, 7) is 2.25. The number of carbonyl (C=O) groups excluding carboxylic acids is 2. The fourth-order valence-corrected chi connectivity index (χ4v) is 3.58. The van der Waals surface area contributed by atoms with E-state index in [9.17, 15) is 9.59 Å². The number of cyclic esters (lactones) is 1. The molecule has 0 radical (unpaired) electrons. The molecular weight excluding hydrogens is 368 g/mol. The van der Waals surface area contributed by atoms with Crippen molar-refractivity contribution in [2.45, 2.75) is 12.6 Å². The van der Waals surface area contributed by atoms with Gasteiger partial charge in [-0.2, -0.15) is 0 Å². The third-order valence-corrected chi connectivity index (χ3v) is 5.27. The number of carbonyl (C=O) groups is 2. The zero-order valence-electron chi connectivity index (χ0n) is 15.1. The van der Waals surface area contributed by atoms with Gasteiger partial charge in [-0.3, -0.25) is 9.69 Å². The van der Waals surface area contributed by atoms with Crippen LogP contribution in [0.1, 0.15) is 10.5 Å². The molecule has 8 nitrogen and oxygen atoms in total. The number of methoxy groups -OCH3 is 1. The number of hydrogen-bond donors (Lipinski definition) is 1. The number of fused-ring (bicyclic) bond motifs is 3. The topological polar surface area (TPSA) is 76.0 Å². The van der Waals surface area contributed by atoms with Crippen molar-refractivity contribution >= 4 is 46.0 Å². The molecule has 2 aromatic rings. The minimum Gasteiger partial charge on any atom is -0.474 e. The normalized spacial score (nSPS) is 19.3. The van der Waals surface area contributed by atoms with Crippen molar-refractivity contribution in [1.82, 2.24) is 14.8 Å². The van der Waals surface area contributed by atoms with E-state index in [1.165, 1.54) is 7.11 Å². The molecule has 0 bridgehead atoms. The molecule has 3 heterocycles. The highest BCUT2D eigenvalue weighted by atomic mass is 32.1. The molecule has 2 aliphatic rings. The first-order chi connectivity index (χ1) is 13.0. The third kappa shape index (κ3) is 3.08. The highest BCUT2D eigenvalue weighted by Crippen LogP contribution is 2.29. The maximum Gasteiger partial charge on any atom is 0.414 e. The van der Waals surface area contributed by atoms with Crippen molar-refractivity contribution in [2.75, 3.05) is 38.7 Å². The number of rotatable bonds is 3. The molecular formula is C18H20N4O4S. The zero-order valence-corrected chi connectivity index (χ0v) is 15.9. The van der Waals surface area contributed by atoms with E-state index in [1.54, 1.807) is 16.8 Å². The number of nitrogens with zero attached hydrogens (tertiary/aromatic N) is 3. The fourth-order valence-electron chi connectivity index (χ4n) is 3.50. The number of amides is 2. The highest BCUT2D eigenvalue weighted by molar-refractivity contribution is 7.80. The van der Waals surface area contributed by atoms with E-state index in [-0.39, 0.29) is 17.2 Å². The van der Waals surface area contributed by atoms with Crippen molar-refractivity contribution in [2.24, 2.45) is 0 Å². The molecule has 2 aliphatic heterocycles. The molecule has 0 saturated carbocycles. The highest BCUT2D eigenvalue weighted by Gasteiger charge is 2.33. The molecule has 1 aromatic carbocycles. The second-order valence-electron chi connectivity index (χ2n) is 6.64. The van der Waals surface area contributed by atoms with Gasteiger partial charge < -0.3 is 24.3 Å². The molecule has 2 amide bonds. The van der Waals surface area contributed by atoms with Gasteiger partial charge in [-0.15, -0.1) is 0 Å². The lowest BCUT2D eigenvalue weighted by atomic mass is 10.2. The summed E-state index contributed by atoms with van der Waals surface area (Å²) in [6.07, 6.45) is -0.719. The third-order valence-electron chi connectivity index (χ3n) is 4.95. The predicted molar refractivity (Wildman–Crippen MR) is 104 cm³/mol. The first-order valence-electron chi connectivity index (χ1n) is 8.66. The lowest BCUT2D eigenvalue weighted by Gasteiger charge is -2.24. The predicted octanol–water partition coefficient (Wildman–Crippen LogP) is 1.57. The maximum atomic E-state index is 12.4. The Kier molecular flexibility index (Phi) is 4.39. The summed E-state index contributed by atoms with van der Waals surface area (Å²) in [5, 5.41) is 4.09. The van der Waals surface area contributed by atoms with E-state index in [0.717, 1.165) is 23.1 Å². The number of anilines is 1. The van der Waals surface area contributed by atoms with E-state index in [4.69, 9.17) is 21.7 Å². The smallest absolute Gasteiger partial charge is 0.414 e. The SMILES string of the molecule is COC(=S)NC[C@H]1CN(c2ccc3c(c2)cc2n3CCN(C)C2=O)C(=O)O1. The van der Waals surface area contributed by atoms with Crippen LogP contribution in [-0.2, 0) is 16.0 Å². The summed E-state index contributed by atoms with van der Waals surface area (Å²) in [7, 11) is 3.29. The van der Waals surface area contributed by atoms with Gasteiger partial charge >= 0.3 is 6.09 Å². The minimum absolute atomic E-state index is 0.0137. The summed E-state index contributed by atoms with van der Waals surface area (Å²) in [5.74, 6) is 0.0137. The van der Waals surface area contributed by atoms with Crippen molar-refractivity contribution in [1.29, 1.82) is 0 Å². The van der Waals surface area contributed by atoms with Crippen LogP contribution in [0.3, 0.4) is 0 Å². The van der Waals surface area contributed by atoms with Crippen LogP contribution >= 0.6 is 12.2 Å². The summed E-state index contributed by atoms with van der Waals surface area (Å²) in [5.41, 5.74) is 2.41. The van der Waals surface area contributed by atoms with Crippen LogP contribution in [0.5, 0.6) is 0 Å². The van der Waals surface area contributed by atoms with Crippen LogP contribution in [0.2, 0.25) is 0 Å². The number of benzene rings is 1. The van der Waals surface area contributed by atoms with Gasteiger partial charge in [-0.25, -0.2) is 4.79 Å². The summed E-state index contributed by atoms with van der Waals surface area (Å²) in [4.78, 5) is 27.9. The van der Waals surface area contributed by atoms with E-state index < -0.39 is 6.09 Å². The number of aromatic nitrogens is 1. The van der Waals surface area contributed by atoms with Crippen LogP contribution in [0.4, 0.5) is 10.5 Å². The number of ether oxygens (including phenoxy) is 2. The average Bonchev–Trinajstić information content (AvgIpc) is 3.22. The molecule has 27 heavy (non-hydrogen) atoms. The average molecular weight is 388 g/mol. The Hall–Kier alpha value is -2.81. The van der Waals surface area contributed by atoms with Gasteiger partial charge in [0.15, 0.2) is 0 Å². The Morgan fingerprint density at radius 2 is 2.15 bits per heavy atom. The number of nitrogens with one attached hydrogen (secondary N) is 1. The quantitative estimate of drug-likeness (QED) is 0.805. The Balaban J connectivity index is 1.57. The second-order valence-corrected chi connectivity index (χ2v) is 7.01. The Morgan fingerprint density at radius 1 is 1.33 bits per heavy atom. The minimum atomic E-state index is -0.399. The van der Waals surface area contributed by atoms with Gasteiger partial charge in [0.25, 0.3) is 11.1 Å². The lowest BCUT2D eigenvalue weighted by molar-refractivity contribution is 0.0751. The molecule has 1 atom stereocenters. The van der Waals surface area contributed by atoms with Crippen molar-refractivity contribution in [3.63, 3.8) is 0 Å². The van der Waals surface area contributed by atoms with Gasteiger partial charge in [-0.1, -0.05) is 0 Å². The van der Waals surface area contributed by atoms with Crippen LogP contribution in [0.15, 0.2) is 24.3 Å². The van der Waals surface area contributed by atoms with Crippen LogP contribution in [0.25, 0.3) is 10.9 Å². The summed E-state index contributed by atoms with van der Waals surface area (Å²) >= 11 is 4.93.